The first-order chi connectivity index (χ1) is 12.7. The van der Waals surface area contributed by atoms with Gasteiger partial charge in [-0.2, -0.15) is 0 Å². The summed E-state index contributed by atoms with van der Waals surface area (Å²) in [6.45, 7) is 0. The molecule has 2 aromatic rings. The van der Waals surface area contributed by atoms with Gasteiger partial charge >= 0.3 is 5.97 Å². The highest BCUT2D eigenvalue weighted by atomic mass is 35.5. The highest BCUT2D eigenvalue weighted by molar-refractivity contribution is 6.33. The molecule has 3 aliphatic rings. The number of benzene rings is 1. The fourth-order valence-electron chi connectivity index (χ4n) is 4.27. The minimum Gasteiger partial charge on any atom is -0.459 e. The van der Waals surface area contributed by atoms with Crippen LogP contribution in [0.25, 0.3) is 11.3 Å². The number of fused-ring (bicyclic) bond motifs is 2. The van der Waals surface area contributed by atoms with E-state index in [9.17, 15) is 4.79 Å². The molecule has 3 atom stereocenters. The number of ether oxygens (including phenoxy) is 1. The molecule has 2 aliphatic heterocycles. The third kappa shape index (κ3) is 2.93. The van der Waals surface area contributed by atoms with Gasteiger partial charge in [0.1, 0.15) is 17.4 Å². The highest BCUT2D eigenvalue weighted by Gasteiger charge is 2.39. The molecule has 0 spiro atoms. The molecule has 3 heterocycles. The lowest BCUT2D eigenvalue weighted by atomic mass is 10.0. The summed E-state index contributed by atoms with van der Waals surface area (Å²) in [5.74, 6) is 0.599. The van der Waals surface area contributed by atoms with Gasteiger partial charge in [0.25, 0.3) is 0 Å². The predicted molar refractivity (Wildman–Crippen MR) is 97.3 cm³/mol. The van der Waals surface area contributed by atoms with Crippen molar-refractivity contribution in [2.24, 2.45) is 0 Å². The van der Waals surface area contributed by atoms with Crippen LogP contribution in [0.1, 0.15) is 60.6 Å². The van der Waals surface area contributed by atoms with Gasteiger partial charge in [-0.3, -0.25) is 0 Å². The van der Waals surface area contributed by atoms with E-state index in [1.54, 1.807) is 6.07 Å². The molecule has 5 rings (SSSR count). The molecule has 6 heteroatoms. The van der Waals surface area contributed by atoms with Crippen LogP contribution in [0.5, 0.6) is 0 Å². The average molecular weight is 373 g/mol. The molecule has 2 saturated heterocycles. The van der Waals surface area contributed by atoms with E-state index in [0.717, 1.165) is 25.7 Å². The summed E-state index contributed by atoms with van der Waals surface area (Å²) in [5.41, 5.74) is 1.67. The molecule has 5 nitrogen and oxygen atoms in total. The summed E-state index contributed by atoms with van der Waals surface area (Å²) in [4.78, 5) is 13.1. The second kappa shape index (κ2) is 6.39. The maximum absolute atomic E-state index is 13.1. The number of carbonyl (C=O) groups excluding carboxylic acids is 1. The van der Waals surface area contributed by atoms with Gasteiger partial charge in [0.15, 0.2) is 5.76 Å². The number of esters is 1. The lowest BCUT2D eigenvalue weighted by Gasteiger charge is -2.28. The van der Waals surface area contributed by atoms with Crippen LogP contribution in [0.4, 0.5) is 0 Å². The SMILES string of the molecule is O=C(OC1C[C@H]2CC[C@@H](C1)N2)c1c(-c2ccccc2Cl)noc1C1CC1. The molecule has 0 radical (unpaired) electrons. The van der Waals surface area contributed by atoms with E-state index in [0.29, 0.717) is 39.7 Å². The molecule has 1 N–H and O–H groups in total. The molecule has 1 aromatic heterocycles. The summed E-state index contributed by atoms with van der Waals surface area (Å²) in [5, 5.41) is 8.32. The third-order valence-corrected chi connectivity index (χ3v) is 6.03. The number of rotatable bonds is 4. The topological polar surface area (TPSA) is 64.4 Å². The molecule has 1 unspecified atom stereocenters. The van der Waals surface area contributed by atoms with E-state index >= 15 is 0 Å². The van der Waals surface area contributed by atoms with Crippen molar-refractivity contribution in [3.63, 3.8) is 0 Å². The Hall–Kier alpha value is -1.85. The third-order valence-electron chi connectivity index (χ3n) is 5.70. The van der Waals surface area contributed by atoms with Crippen LogP contribution in [0.3, 0.4) is 0 Å². The lowest BCUT2D eigenvalue weighted by Crippen LogP contribution is -2.42. The standard InChI is InChI=1S/C20H21ClN2O3/c21-16-4-2-1-3-15(16)18-17(19(26-23-18)11-5-6-11)20(24)25-14-9-12-7-8-13(10-14)22-12/h1-4,11-14,22H,5-10H2/t12-,13+,14?. The second-order valence-corrected chi connectivity index (χ2v) is 8.07. The average Bonchev–Trinajstić information content (AvgIpc) is 3.29. The predicted octanol–water partition coefficient (Wildman–Crippen LogP) is 4.31. The van der Waals surface area contributed by atoms with Crippen LogP contribution in [-0.2, 0) is 4.74 Å². The van der Waals surface area contributed by atoms with E-state index in [-0.39, 0.29) is 18.0 Å². The zero-order valence-corrected chi connectivity index (χ0v) is 15.2. The molecule has 1 aromatic carbocycles. The van der Waals surface area contributed by atoms with Gasteiger partial charge in [-0.25, -0.2) is 4.79 Å². The number of carbonyl (C=O) groups is 1. The van der Waals surface area contributed by atoms with E-state index < -0.39 is 0 Å². The van der Waals surface area contributed by atoms with Gasteiger partial charge in [0.2, 0.25) is 0 Å². The molecule has 136 valence electrons. The van der Waals surface area contributed by atoms with E-state index in [2.05, 4.69) is 10.5 Å². The Balaban J connectivity index is 1.46. The molecule has 3 fully saturated rings. The molecule has 1 saturated carbocycles. The summed E-state index contributed by atoms with van der Waals surface area (Å²) >= 11 is 6.34. The van der Waals surface area contributed by atoms with E-state index in [1.165, 1.54) is 12.8 Å². The van der Waals surface area contributed by atoms with E-state index in [1.807, 2.05) is 18.2 Å². The van der Waals surface area contributed by atoms with Crippen molar-refractivity contribution in [1.82, 2.24) is 10.5 Å². The summed E-state index contributed by atoms with van der Waals surface area (Å²) in [7, 11) is 0. The number of nitrogens with zero attached hydrogens (tertiary/aromatic N) is 1. The van der Waals surface area contributed by atoms with Gasteiger partial charge < -0.3 is 14.6 Å². The van der Waals surface area contributed by atoms with Gasteiger partial charge in [0.05, 0.1) is 5.02 Å². The Morgan fingerprint density at radius 3 is 2.58 bits per heavy atom. The first-order valence-corrected chi connectivity index (χ1v) is 9.78. The van der Waals surface area contributed by atoms with Gasteiger partial charge in [-0.1, -0.05) is 35.0 Å². The Morgan fingerprint density at radius 2 is 1.88 bits per heavy atom. The maximum Gasteiger partial charge on any atom is 0.344 e. The number of nitrogens with one attached hydrogen (secondary N) is 1. The second-order valence-electron chi connectivity index (χ2n) is 7.66. The normalized spacial score (nSPS) is 27.5. The number of halogens is 1. The number of aromatic nitrogens is 1. The largest absolute Gasteiger partial charge is 0.459 e. The zero-order chi connectivity index (χ0) is 17.7. The molecular formula is C20H21ClN2O3. The minimum absolute atomic E-state index is 0.0395. The van der Waals surface area contributed by atoms with Crippen molar-refractivity contribution in [1.29, 1.82) is 0 Å². The van der Waals surface area contributed by atoms with Crippen LogP contribution in [0, 0.1) is 0 Å². The maximum atomic E-state index is 13.1. The van der Waals surface area contributed by atoms with Crippen LogP contribution < -0.4 is 5.32 Å². The number of hydrogen-bond acceptors (Lipinski definition) is 5. The van der Waals surface area contributed by atoms with Crippen molar-refractivity contribution >= 4 is 17.6 Å². The first kappa shape index (κ1) is 16.3. The first-order valence-electron chi connectivity index (χ1n) is 9.40. The zero-order valence-electron chi connectivity index (χ0n) is 14.4. The van der Waals surface area contributed by atoms with Crippen molar-refractivity contribution < 1.29 is 14.1 Å². The van der Waals surface area contributed by atoms with Crippen LogP contribution in [0.2, 0.25) is 5.02 Å². The van der Waals surface area contributed by atoms with Crippen LogP contribution >= 0.6 is 11.6 Å². The Labute approximate surface area is 157 Å². The van der Waals surface area contributed by atoms with Crippen LogP contribution in [0.15, 0.2) is 28.8 Å². The summed E-state index contributed by atoms with van der Waals surface area (Å²) in [6.07, 6.45) is 6.11. The summed E-state index contributed by atoms with van der Waals surface area (Å²) < 4.78 is 11.5. The number of hydrogen-bond donors (Lipinski definition) is 1. The quantitative estimate of drug-likeness (QED) is 0.810. The molecule has 0 amide bonds. The Kier molecular flexibility index (Phi) is 4.02. The van der Waals surface area contributed by atoms with Crippen molar-refractivity contribution in [3.05, 3.63) is 40.6 Å². The monoisotopic (exact) mass is 372 g/mol. The van der Waals surface area contributed by atoms with Gasteiger partial charge in [-0.15, -0.1) is 0 Å². The summed E-state index contributed by atoms with van der Waals surface area (Å²) in [6, 6.07) is 8.34. The smallest absolute Gasteiger partial charge is 0.344 e. The minimum atomic E-state index is -0.325. The molecule has 26 heavy (non-hydrogen) atoms. The van der Waals surface area contributed by atoms with Crippen LogP contribution in [-0.4, -0.2) is 29.3 Å². The fourth-order valence-corrected chi connectivity index (χ4v) is 4.50. The Bertz CT molecular complexity index is 833. The highest BCUT2D eigenvalue weighted by Crippen LogP contribution is 2.45. The van der Waals surface area contributed by atoms with Gasteiger partial charge in [0, 0.05) is 23.6 Å². The van der Waals surface area contributed by atoms with Crippen molar-refractivity contribution in [2.75, 3.05) is 0 Å². The Morgan fingerprint density at radius 1 is 1.15 bits per heavy atom. The molecule has 2 bridgehead atoms. The van der Waals surface area contributed by atoms with Gasteiger partial charge in [-0.05, 0) is 44.6 Å². The molecular weight excluding hydrogens is 352 g/mol. The fraction of sp³-hybridized carbons (Fsp3) is 0.500. The number of piperidine rings is 1. The van der Waals surface area contributed by atoms with Crippen molar-refractivity contribution in [3.8, 4) is 11.3 Å². The van der Waals surface area contributed by atoms with E-state index in [4.69, 9.17) is 20.9 Å². The van der Waals surface area contributed by atoms with Crippen molar-refractivity contribution in [2.45, 2.75) is 62.6 Å². The molecule has 1 aliphatic carbocycles. The lowest BCUT2D eigenvalue weighted by molar-refractivity contribution is 0.0175.